The Morgan fingerprint density at radius 3 is 2.17 bits per heavy atom. The quantitative estimate of drug-likeness (QED) is 0.701. The summed E-state index contributed by atoms with van der Waals surface area (Å²) in [5.41, 5.74) is 4.94. The molecule has 1 unspecified atom stereocenters. The van der Waals surface area contributed by atoms with Crippen LogP contribution in [0.3, 0.4) is 0 Å². The second-order valence-electron chi connectivity index (χ2n) is 5.73. The fourth-order valence-corrected chi connectivity index (χ4v) is 1.54. The Morgan fingerprint density at radius 1 is 1.33 bits per heavy atom. The molecule has 0 aliphatic carbocycles. The Bertz CT molecular complexity index is 330. The molecule has 0 fully saturated rings. The van der Waals surface area contributed by atoms with Crippen LogP contribution >= 0.6 is 0 Å². The number of hydrogen-bond donors (Lipinski definition) is 3. The lowest BCUT2D eigenvalue weighted by Crippen LogP contribution is -2.58. The lowest BCUT2D eigenvalue weighted by molar-refractivity contribution is 0.0460. The van der Waals surface area contributed by atoms with Crippen LogP contribution < -0.4 is 16.4 Å². The number of nitrogens with two attached hydrogens (primary N) is 1. The van der Waals surface area contributed by atoms with Gasteiger partial charge in [0.2, 0.25) is 0 Å². The maximum absolute atomic E-state index is 11.7. The van der Waals surface area contributed by atoms with Gasteiger partial charge in [0, 0.05) is 5.70 Å². The molecule has 0 heterocycles. The average Bonchev–Trinajstić information content (AvgIpc) is 2.08. The first kappa shape index (κ1) is 16.4. The van der Waals surface area contributed by atoms with Crippen molar-refractivity contribution in [3.05, 3.63) is 25.1 Å². The zero-order valence-corrected chi connectivity index (χ0v) is 12.0. The van der Waals surface area contributed by atoms with Crippen molar-refractivity contribution in [1.82, 2.24) is 10.6 Å². The molecule has 0 rings (SSSR count). The highest BCUT2D eigenvalue weighted by molar-refractivity contribution is 5.69. The monoisotopic (exact) mass is 255 g/mol. The summed E-state index contributed by atoms with van der Waals surface area (Å²) >= 11 is 0. The van der Waals surface area contributed by atoms with E-state index in [0.717, 1.165) is 0 Å². The van der Waals surface area contributed by atoms with Gasteiger partial charge < -0.3 is 21.1 Å². The van der Waals surface area contributed by atoms with Gasteiger partial charge in [-0.2, -0.15) is 0 Å². The van der Waals surface area contributed by atoms with Gasteiger partial charge in [0.1, 0.15) is 5.60 Å². The SMILES string of the molecule is C=CNC(C(=C)N)C(C)(C)NC(=O)OC(C)(C)C. The second kappa shape index (κ2) is 5.80. The molecule has 0 bridgehead atoms. The Kier molecular flexibility index (Phi) is 5.27. The molecule has 0 aromatic heterocycles. The van der Waals surface area contributed by atoms with Gasteiger partial charge in [0.05, 0.1) is 11.6 Å². The van der Waals surface area contributed by atoms with Crippen LogP contribution in [-0.4, -0.2) is 23.3 Å². The molecule has 18 heavy (non-hydrogen) atoms. The van der Waals surface area contributed by atoms with Crippen LogP contribution in [0.25, 0.3) is 0 Å². The van der Waals surface area contributed by atoms with Crippen LogP contribution in [0.2, 0.25) is 0 Å². The highest BCUT2D eigenvalue weighted by Gasteiger charge is 2.33. The van der Waals surface area contributed by atoms with Crippen molar-refractivity contribution in [2.75, 3.05) is 0 Å². The first-order chi connectivity index (χ1) is 7.99. The van der Waals surface area contributed by atoms with E-state index in [-0.39, 0.29) is 6.04 Å². The number of ether oxygens (including phenoxy) is 1. The van der Waals surface area contributed by atoms with Gasteiger partial charge in [-0.15, -0.1) is 0 Å². The molecule has 0 aliphatic rings. The number of hydrogen-bond acceptors (Lipinski definition) is 4. The molecule has 5 nitrogen and oxygen atoms in total. The molecule has 1 atom stereocenters. The third-order valence-corrected chi connectivity index (χ3v) is 2.20. The standard InChI is InChI=1S/C13H25N3O2/c1-8-15-10(9(2)14)13(6,7)16-11(17)18-12(3,4)5/h8,10,15H,1-2,14H2,3-7H3,(H,16,17). The van der Waals surface area contributed by atoms with Crippen molar-refractivity contribution in [3.8, 4) is 0 Å². The molecule has 104 valence electrons. The Morgan fingerprint density at radius 2 is 1.83 bits per heavy atom. The summed E-state index contributed by atoms with van der Waals surface area (Å²) in [6.45, 7) is 16.4. The van der Waals surface area contributed by atoms with E-state index in [9.17, 15) is 4.79 Å². The molecule has 0 aromatic carbocycles. The molecule has 5 heteroatoms. The van der Waals surface area contributed by atoms with Crippen LogP contribution in [0.1, 0.15) is 34.6 Å². The maximum atomic E-state index is 11.7. The predicted octanol–water partition coefficient (Wildman–Crippen LogP) is 1.86. The number of amides is 1. The summed E-state index contributed by atoms with van der Waals surface area (Å²) in [6, 6.07) is -0.331. The third-order valence-electron chi connectivity index (χ3n) is 2.20. The number of carbonyl (C=O) groups is 1. The Balaban J connectivity index is 4.75. The van der Waals surface area contributed by atoms with Gasteiger partial charge in [-0.3, -0.25) is 0 Å². The molecule has 4 N–H and O–H groups in total. The summed E-state index contributed by atoms with van der Waals surface area (Å²) in [5.74, 6) is 0. The normalized spacial score (nSPS) is 13.4. The molecule has 0 saturated carbocycles. The summed E-state index contributed by atoms with van der Waals surface area (Å²) in [5, 5.41) is 5.73. The largest absolute Gasteiger partial charge is 0.444 e. The van der Waals surface area contributed by atoms with Crippen molar-refractivity contribution in [1.29, 1.82) is 0 Å². The molecule has 0 radical (unpaired) electrons. The summed E-state index contributed by atoms with van der Waals surface area (Å²) in [6.07, 6.45) is 1.02. The van der Waals surface area contributed by atoms with E-state index in [1.54, 1.807) is 20.8 Å². The summed E-state index contributed by atoms with van der Waals surface area (Å²) in [7, 11) is 0. The van der Waals surface area contributed by atoms with Crippen LogP contribution in [0, 0.1) is 0 Å². The number of alkyl carbamates (subject to hydrolysis) is 1. The lowest BCUT2D eigenvalue weighted by Gasteiger charge is -2.36. The fourth-order valence-electron chi connectivity index (χ4n) is 1.54. The molecular weight excluding hydrogens is 230 g/mol. The summed E-state index contributed by atoms with van der Waals surface area (Å²) in [4.78, 5) is 11.7. The zero-order chi connectivity index (χ0) is 14.6. The van der Waals surface area contributed by atoms with E-state index in [1.807, 2.05) is 13.8 Å². The minimum atomic E-state index is -0.650. The zero-order valence-electron chi connectivity index (χ0n) is 12.0. The topological polar surface area (TPSA) is 76.4 Å². The number of carbonyl (C=O) groups excluding carboxylic acids is 1. The highest BCUT2D eigenvalue weighted by atomic mass is 16.6. The van der Waals surface area contributed by atoms with Crippen LogP contribution in [0.4, 0.5) is 4.79 Å². The maximum Gasteiger partial charge on any atom is 0.408 e. The molecular formula is C13H25N3O2. The van der Waals surface area contributed by atoms with E-state index in [4.69, 9.17) is 10.5 Å². The number of nitrogens with one attached hydrogen (secondary N) is 2. The van der Waals surface area contributed by atoms with Crippen molar-refractivity contribution in [2.24, 2.45) is 5.73 Å². The second-order valence-corrected chi connectivity index (χ2v) is 5.73. The molecule has 0 saturated heterocycles. The van der Waals surface area contributed by atoms with Crippen molar-refractivity contribution in [3.63, 3.8) is 0 Å². The Hall–Kier alpha value is -1.65. The summed E-state index contributed by atoms with van der Waals surface area (Å²) < 4.78 is 5.21. The average molecular weight is 255 g/mol. The van der Waals surface area contributed by atoms with Crippen molar-refractivity contribution < 1.29 is 9.53 Å². The van der Waals surface area contributed by atoms with Crippen molar-refractivity contribution in [2.45, 2.75) is 51.8 Å². The van der Waals surface area contributed by atoms with Crippen LogP contribution in [0.5, 0.6) is 0 Å². The van der Waals surface area contributed by atoms with Crippen LogP contribution in [0.15, 0.2) is 25.1 Å². The van der Waals surface area contributed by atoms with Gasteiger partial charge in [0.15, 0.2) is 0 Å². The van der Waals surface area contributed by atoms with E-state index in [1.165, 1.54) is 6.20 Å². The van der Waals surface area contributed by atoms with Gasteiger partial charge in [0.25, 0.3) is 0 Å². The molecule has 0 aromatic rings. The van der Waals surface area contributed by atoms with E-state index in [0.29, 0.717) is 5.70 Å². The van der Waals surface area contributed by atoms with Gasteiger partial charge in [-0.1, -0.05) is 13.2 Å². The minimum absolute atomic E-state index is 0.331. The van der Waals surface area contributed by atoms with Gasteiger partial charge >= 0.3 is 6.09 Å². The molecule has 0 spiro atoms. The lowest BCUT2D eigenvalue weighted by atomic mass is 9.92. The third kappa shape index (κ3) is 5.61. The van der Waals surface area contributed by atoms with Crippen LogP contribution in [-0.2, 0) is 4.74 Å². The van der Waals surface area contributed by atoms with Gasteiger partial charge in [-0.25, -0.2) is 4.79 Å². The van der Waals surface area contributed by atoms with Crippen molar-refractivity contribution >= 4 is 6.09 Å². The highest BCUT2D eigenvalue weighted by Crippen LogP contribution is 2.15. The fraction of sp³-hybridized carbons (Fsp3) is 0.615. The van der Waals surface area contributed by atoms with E-state index >= 15 is 0 Å². The van der Waals surface area contributed by atoms with E-state index in [2.05, 4.69) is 23.8 Å². The van der Waals surface area contributed by atoms with Gasteiger partial charge in [-0.05, 0) is 40.8 Å². The molecule has 0 aliphatic heterocycles. The minimum Gasteiger partial charge on any atom is -0.444 e. The Labute approximate surface area is 109 Å². The number of rotatable bonds is 5. The molecule has 1 amide bonds. The predicted molar refractivity (Wildman–Crippen MR) is 73.9 cm³/mol. The first-order valence-electron chi connectivity index (χ1n) is 5.82. The first-order valence-corrected chi connectivity index (χ1v) is 5.82. The van der Waals surface area contributed by atoms with E-state index < -0.39 is 17.2 Å². The smallest absolute Gasteiger partial charge is 0.408 e.